The van der Waals surface area contributed by atoms with Gasteiger partial charge in [0.1, 0.15) is 0 Å². The van der Waals surface area contributed by atoms with Gasteiger partial charge in [-0.3, -0.25) is 0 Å². The summed E-state index contributed by atoms with van der Waals surface area (Å²) >= 11 is 0. The molecule has 0 aromatic heterocycles. The van der Waals surface area contributed by atoms with E-state index < -0.39 is 0 Å². The summed E-state index contributed by atoms with van der Waals surface area (Å²) in [6, 6.07) is 10.1. The summed E-state index contributed by atoms with van der Waals surface area (Å²) in [5.41, 5.74) is 4.19. The molecule has 0 aliphatic carbocycles. The molecule has 0 atom stereocenters. The van der Waals surface area contributed by atoms with Crippen LogP contribution in [0, 0.1) is 0 Å². The Balaban J connectivity index is 0.000000561. The Kier molecular flexibility index (Phi) is 6.11. The summed E-state index contributed by atoms with van der Waals surface area (Å²) in [6.07, 6.45) is 0. The van der Waals surface area contributed by atoms with Crippen molar-refractivity contribution >= 4 is 5.69 Å². The lowest BCUT2D eigenvalue weighted by Crippen LogP contribution is -2.30. The highest BCUT2D eigenvalue weighted by Gasteiger charge is 1.92. The molecule has 2 nitrogen and oxygen atoms in total. The molecule has 12 heavy (non-hydrogen) atoms. The predicted octanol–water partition coefficient (Wildman–Crippen LogP) is 2.28. The lowest BCUT2D eigenvalue weighted by Gasteiger charge is -2.16. The Morgan fingerprint density at radius 3 is 2.00 bits per heavy atom. The van der Waals surface area contributed by atoms with Crippen molar-refractivity contribution in [3.8, 4) is 0 Å². The zero-order valence-electron chi connectivity index (χ0n) is 8.33. The Morgan fingerprint density at radius 1 is 1.08 bits per heavy atom. The molecule has 0 aliphatic heterocycles. The highest BCUT2D eigenvalue weighted by Crippen LogP contribution is 2.07. The van der Waals surface area contributed by atoms with E-state index in [2.05, 4.69) is 17.6 Å². The molecule has 0 bridgehead atoms. The molecular formula is C10H18N2. The van der Waals surface area contributed by atoms with E-state index in [1.165, 1.54) is 5.69 Å². The van der Waals surface area contributed by atoms with Gasteiger partial charge in [0.25, 0.3) is 0 Å². The third kappa shape index (κ3) is 3.39. The third-order valence-corrected chi connectivity index (χ3v) is 1.48. The zero-order chi connectivity index (χ0) is 9.40. The molecule has 1 N–H and O–H groups in total. The first-order valence-corrected chi connectivity index (χ1v) is 4.31. The molecule has 0 unspecified atom stereocenters. The Labute approximate surface area is 75.2 Å². The minimum atomic E-state index is 1.17. The Bertz CT molecular complexity index is 184. The maximum absolute atomic E-state index is 3.01. The fourth-order valence-electron chi connectivity index (χ4n) is 0.781. The molecule has 1 aromatic carbocycles. The number of hydrogen-bond acceptors (Lipinski definition) is 2. The van der Waals surface area contributed by atoms with Crippen LogP contribution in [0.2, 0.25) is 0 Å². The Morgan fingerprint density at radius 2 is 1.58 bits per heavy atom. The molecule has 0 saturated heterocycles. The van der Waals surface area contributed by atoms with E-state index >= 15 is 0 Å². The van der Waals surface area contributed by atoms with Crippen LogP contribution in [0.1, 0.15) is 13.8 Å². The first kappa shape index (κ1) is 11.0. The number of nitrogens with zero attached hydrogens (tertiary/aromatic N) is 1. The van der Waals surface area contributed by atoms with Crippen LogP contribution in [-0.2, 0) is 0 Å². The van der Waals surface area contributed by atoms with Gasteiger partial charge in [-0.15, -0.1) is 0 Å². The summed E-state index contributed by atoms with van der Waals surface area (Å²) in [5, 5.41) is 1.96. The van der Waals surface area contributed by atoms with Crippen LogP contribution < -0.4 is 10.4 Å². The number of anilines is 1. The van der Waals surface area contributed by atoms with E-state index in [-0.39, 0.29) is 0 Å². The van der Waals surface area contributed by atoms with Gasteiger partial charge in [0.05, 0.1) is 5.69 Å². The third-order valence-electron chi connectivity index (χ3n) is 1.48. The predicted molar refractivity (Wildman–Crippen MR) is 55.3 cm³/mol. The van der Waals surface area contributed by atoms with Crippen LogP contribution in [0.4, 0.5) is 5.69 Å². The van der Waals surface area contributed by atoms with E-state index in [9.17, 15) is 0 Å². The largest absolute Gasteiger partial charge is 0.312 e. The van der Waals surface area contributed by atoms with Gasteiger partial charge in [-0.2, -0.15) is 0 Å². The molecule has 1 rings (SSSR count). The standard InChI is InChI=1S/C8H12N2.C2H6/c1-9-10(2)8-6-4-3-5-7-8;1-2/h3-7,9H,1-2H3;1-2H3. The fourth-order valence-corrected chi connectivity index (χ4v) is 0.781. The molecule has 1 aromatic rings. The van der Waals surface area contributed by atoms with Gasteiger partial charge in [0.2, 0.25) is 0 Å². The van der Waals surface area contributed by atoms with Gasteiger partial charge < -0.3 is 5.01 Å². The summed E-state index contributed by atoms with van der Waals surface area (Å²) in [4.78, 5) is 0. The maximum Gasteiger partial charge on any atom is 0.0516 e. The van der Waals surface area contributed by atoms with Gasteiger partial charge in [0, 0.05) is 14.1 Å². The fraction of sp³-hybridized carbons (Fsp3) is 0.400. The van der Waals surface area contributed by atoms with Gasteiger partial charge in [-0.1, -0.05) is 32.0 Å². The second kappa shape index (κ2) is 6.68. The monoisotopic (exact) mass is 166 g/mol. The number of nitrogens with one attached hydrogen (secondary N) is 1. The highest BCUT2D eigenvalue weighted by molar-refractivity contribution is 5.43. The first-order chi connectivity index (χ1) is 5.84. The molecule has 68 valence electrons. The maximum atomic E-state index is 3.01. The van der Waals surface area contributed by atoms with Crippen molar-refractivity contribution in [1.29, 1.82) is 0 Å². The number of rotatable bonds is 2. The number of para-hydroxylation sites is 1. The van der Waals surface area contributed by atoms with Crippen molar-refractivity contribution < 1.29 is 0 Å². The SMILES string of the molecule is CC.CNN(C)c1ccccc1. The second-order valence-corrected chi connectivity index (χ2v) is 2.12. The van der Waals surface area contributed by atoms with E-state index in [1.54, 1.807) is 0 Å². The van der Waals surface area contributed by atoms with Gasteiger partial charge in [-0.25, -0.2) is 5.43 Å². The molecule has 0 amide bonds. The number of hydrazine groups is 1. The molecule has 0 aliphatic rings. The first-order valence-electron chi connectivity index (χ1n) is 4.31. The topological polar surface area (TPSA) is 15.3 Å². The highest BCUT2D eigenvalue weighted by atomic mass is 15.5. The Hall–Kier alpha value is -1.02. The van der Waals surface area contributed by atoms with Gasteiger partial charge in [-0.05, 0) is 12.1 Å². The van der Waals surface area contributed by atoms with Gasteiger partial charge >= 0.3 is 0 Å². The van der Waals surface area contributed by atoms with Crippen LogP contribution >= 0.6 is 0 Å². The minimum Gasteiger partial charge on any atom is -0.312 e. The second-order valence-electron chi connectivity index (χ2n) is 2.12. The summed E-state index contributed by atoms with van der Waals surface area (Å²) < 4.78 is 0. The molecule has 0 radical (unpaired) electrons. The molecule has 0 fully saturated rings. The average molecular weight is 166 g/mol. The molecule has 2 heteroatoms. The average Bonchev–Trinajstić information content (AvgIpc) is 2.21. The van der Waals surface area contributed by atoms with Crippen LogP contribution in [0.5, 0.6) is 0 Å². The van der Waals surface area contributed by atoms with Crippen LogP contribution in [-0.4, -0.2) is 14.1 Å². The normalized spacial score (nSPS) is 8.33. The van der Waals surface area contributed by atoms with E-state index in [0.29, 0.717) is 0 Å². The van der Waals surface area contributed by atoms with Crippen LogP contribution in [0.25, 0.3) is 0 Å². The smallest absolute Gasteiger partial charge is 0.0516 e. The molecular weight excluding hydrogens is 148 g/mol. The van der Waals surface area contributed by atoms with Crippen molar-refractivity contribution in [3.05, 3.63) is 30.3 Å². The van der Waals surface area contributed by atoms with E-state index in [0.717, 1.165) is 0 Å². The van der Waals surface area contributed by atoms with Crippen molar-refractivity contribution in [2.75, 3.05) is 19.1 Å². The van der Waals surface area contributed by atoms with Crippen molar-refractivity contribution in [3.63, 3.8) is 0 Å². The summed E-state index contributed by atoms with van der Waals surface area (Å²) in [6.45, 7) is 4.00. The lowest BCUT2D eigenvalue weighted by molar-refractivity contribution is 0.791. The molecule has 0 heterocycles. The molecule has 0 saturated carbocycles. The van der Waals surface area contributed by atoms with Crippen molar-refractivity contribution in [1.82, 2.24) is 5.43 Å². The van der Waals surface area contributed by atoms with Crippen molar-refractivity contribution in [2.45, 2.75) is 13.8 Å². The molecule has 0 spiro atoms. The van der Waals surface area contributed by atoms with Crippen LogP contribution in [0.3, 0.4) is 0 Å². The van der Waals surface area contributed by atoms with Crippen molar-refractivity contribution in [2.24, 2.45) is 0 Å². The summed E-state index contributed by atoms with van der Waals surface area (Å²) in [5.74, 6) is 0. The minimum absolute atomic E-state index is 1.17. The quantitative estimate of drug-likeness (QED) is 0.678. The lowest BCUT2D eigenvalue weighted by atomic mass is 10.3. The zero-order valence-corrected chi connectivity index (χ0v) is 8.33. The number of benzene rings is 1. The van der Waals surface area contributed by atoms with Crippen LogP contribution in [0.15, 0.2) is 30.3 Å². The van der Waals surface area contributed by atoms with E-state index in [4.69, 9.17) is 0 Å². The van der Waals surface area contributed by atoms with E-state index in [1.807, 2.05) is 51.2 Å². The summed E-state index contributed by atoms with van der Waals surface area (Å²) in [7, 11) is 3.88. The number of hydrogen-bond donors (Lipinski definition) is 1. The van der Waals surface area contributed by atoms with Gasteiger partial charge in [0.15, 0.2) is 0 Å².